The van der Waals surface area contributed by atoms with Gasteiger partial charge in [0, 0.05) is 6.54 Å². The van der Waals surface area contributed by atoms with Crippen molar-refractivity contribution in [2.75, 3.05) is 32.9 Å². The third-order valence-electron chi connectivity index (χ3n) is 5.51. The molecular formula is C22H24N2O5. The van der Waals surface area contributed by atoms with E-state index >= 15 is 0 Å². The van der Waals surface area contributed by atoms with Crippen LogP contribution in [0.5, 0.6) is 23.0 Å². The van der Waals surface area contributed by atoms with Crippen LogP contribution in [0, 0.1) is 0 Å². The lowest BCUT2D eigenvalue weighted by molar-refractivity contribution is 0.0898. The maximum absolute atomic E-state index is 12.9. The molecule has 0 aromatic heterocycles. The number of carbonyl (C=O) groups excluding carboxylic acids is 1. The molecule has 1 fully saturated rings. The van der Waals surface area contributed by atoms with Crippen LogP contribution in [0.4, 0.5) is 4.79 Å². The summed E-state index contributed by atoms with van der Waals surface area (Å²) in [7, 11) is 0. The van der Waals surface area contributed by atoms with Crippen molar-refractivity contribution >= 4 is 6.03 Å². The van der Waals surface area contributed by atoms with Crippen molar-refractivity contribution in [2.45, 2.75) is 25.0 Å². The zero-order valence-corrected chi connectivity index (χ0v) is 16.1. The molecule has 2 aromatic rings. The van der Waals surface area contributed by atoms with Gasteiger partial charge in [-0.15, -0.1) is 0 Å². The van der Waals surface area contributed by atoms with Gasteiger partial charge in [0.25, 0.3) is 0 Å². The fourth-order valence-electron chi connectivity index (χ4n) is 4.09. The molecule has 0 spiro atoms. The van der Waals surface area contributed by atoms with Gasteiger partial charge in [-0.3, -0.25) is 0 Å². The summed E-state index contributed by atoms with van der Waals surface area (Å²) in [5.74, 6) is 2.98. The minimum Gasteiger partial charge on any atom is -0.486 e. The number of hydrogen-bond donors (Lipinski definition) is 1. The Kier molecular flexibility index (Phi) is 4.79. The van der Waals surface area contributed by atoms with Crippen LogP contribution in [0.2, 0.25) is 0 Å². The molecule has 3 aliphatic rings. The van der Waals surface area contributed by atoms with Gasteiger partial charge in [0.1, 0.15) is 19.8 Å². The molecule has 29 heavy (non-hydrogen) atoms. The van der Waals surface area contributed by atoms with E-state index in [1.54, 1.807) is 0 Å². The van der Waals surface area contributed by atoms with E-state index in [9.17, 15) is 4.79 Å². The standard InChI is InChI=1S/C22H24N2O5/c25-22(23-13-16-14-28-18-5-1-2-6-20(18)29-16)24-9-3-4-17(24)15-7-8-19-21(12-15)27-11-10-26-19/h1-2,5-8,12,16-17H,3-4,9-11,13-14H2,(H,23,25). The lowest BCUT2D eigenvalue weighted by atomic mass is 10.0. The molecule has 0 aliphatic carbocycles. The number of nitrogens with one attached hydrogen (secondary N) is 1. The molecule has 2 atom stereocenters. The van der Waals surface area contributed by atoms with Gasteiger partial charge in [-0.1, -0.05) is 18.2 Å². The summed E-state index contributed by atoms with van der Waals surface area (Å²) in [6.45, 7) is 2.68. The van der Waals surface area contributed by atoms with Gasteiger partial charge in [-0.25, -0.2) is 4.79 Å². The Morgan fingerprint density at radius 3 is 2.69 bits per heavy atom. The predicted octanol–water partition coefficient (Wildman–Crippen LogP) is 3.14. The van der Waals surface area contributed by atoms with Gasteiger partial charge in [0.2, 0.25) is 0 Å². The number of ether oxygens (including phenoxy) is 4. The monoisotopic (exact) mass is 396 g/mol. The molecular weight excluding hydrogens is 372 g/mol. The number of rotatable bonds is 3. The van der Waals surface area contributed by atoms with E-state index in [1.165, 1.54) is 0 Å². The van der Waals surface area contributed by atoms with E-state index in [4.69, 9.17) is 18.9 Å². The van der Waals surface area contributed by atoms with Crippen molar-refractivity contribution in [1.82, 2.24) is 10.2 Å². The highest BCUT2D eigenvalue weighted by atomic mass is 16.6. The summed E-state index contributed by atoms with van der Waals surface area (Å²) in [6, 6.07) is 13.5. The van der Waals surface area contributed by atoms with Crippen molar-refractivity contribution in [2.24, 2.45) is 0 Å². The quantitative estimate of drug-likeness (QED) is 0.863. The Labute approximate surface area is 169 Å². The molecule has 5 rings (SSSR count). The van der Waals surface area contributed by atoms with E-state index in [2.05, 4.69) is 5.32 Å². The molecule has 0 bridgehead atoms. The fourth-order valence-corrected chi connectivity index (χ4v) is 4.09. The highest BCUT2D eigenvalue weighted by Gasteiger charge is 2.31. The summed E-state index contributed by atoms with van der Waals surface area (Å²) in [5.41, 5.74) is 1.08. The average Bonchev–Trinajstić information content (AvgIpc) is 3.27. The summed E-state index contributed by atoms with van der Waals surface area (Å²) in [4.78, 5) is 14.8. The molecule has 7 nitrogen and oxygen atoms in total. The van der Waals surface area contributed by atoms with Crippen molar-refractivity contribution in [1.29, 1.82) is 0 Å². The Morgan fingerprint density at radius 1 is 1.00 bits per heavy atom. The molecule has 2 aromatic carbocycles. The lowest BCUT2D eigenvalue weighted by Crippen LogP contribution is -2.46. The lowest BCUT2D eigenvalue weighted by Gasteiger charge is -2.29. The van der Waals surface area contributed by atoms with Crippen LogP contribution in [-0.2, 0) is 0 Å². The van der Waals surface area contributed by atoms with Crippen LogP contribution >= 0.6 is 0 Å². The van der Waals surface area contributed by atoms with Crippen molar-refractivity contribution in [3.63, 3.8) is 0 Å². The first-order chi connectivity index (χ1) is 14.3. The van der Waals surface area contributed by atoms with Crippen LogP contribution in [0.25, 0.3) is 0 Å². The zero-order chi connectivity index (χ0) is 19.6. The van der Waals surface area contributed by atoms with Gasteiger partial charge in [-0.2, -0.15) is 0 Å². The summed E-state index contributed by atoms with van der Waals surface area (Å²) < 4.78 is 23.0. The van der Waals surface area contributed by atoms with Crippen molar-refractivity contribution in [3.8, 4) is 23.0 Å². The molecule has 3 aliphatic heterocycles. The first kappa shape index (κ1) is 18.0. The molecule has 0 saturated carbocycles. The van der Waals surface area contributed by atoms with E-state index in [-0.39, 0.29) is 18.2 Å². The molecule has 3 heterocycles. The summed E-state index contributed by atoms with van der Waals surface area (Å²) in [5, 5.41) is 3.01. The van der Waals surface area contributed by atoms with Crippen LogP contribution in [-0.4, -0.2) is 49.9 Å². The van der Waals surface area contributed by atoms with Gasteiger partial charge >= 0.3 is 6.03 Å². The Balaban J connectivity index is 1.22. The molecule has 152 valence electrons. The summed E-state index contributed by atoms with van der Waals surface area (Å²) >= 11 is 0. The molecule has 1 N–H and O–H groups in total. The second-order valence-electron chi connectivity index (χ2n) is 7.44. The van der Waals surface area contributed by atoms with Crippen LogP contribution < -0.4 is 24.3 Å². The number of carbonyl (C=O) groups is 1. The second kappa shape index (κ2) is 7.73. The van der Waals surface area contributed by atoms with Crippen LogP contribution in [0.3, 0.4) is 0 Å². The van der Waals surface area contributed by atoms with E-state index in [1.807, 2.05) is 47.4 Å². The van der Waals surface area contributed by atoms with Gasteiger partial charge in [0.15, 0.2) is 29.1 Å². The second-order valence-corrected chi connectivity index (χ2v) is 7.44. The molecule has 7 heteroatoms. The number of nitrogens with zero attached hydrogens (tertiary/aromatic N) is 1. The fraction of sp³-hybridized carbons (Fsp3) is 0.409. The van der Waals surface area contributed by atoms with Crippen molar-refractivity contribution in [3.05, 3.63) is 48.0 Å². The topological polar surface area (TPSA) is 69.3 Å². The van der Waals surface area contributed by atoms with Crippen LogP contribution in [0.1, 0.15) is 24.4 Å². The van der Waals surface area contributed by atoms with Gasteiger partial charge in [0.05, 0.1) is 12.6 Å². The maximum Gasteiger partial charge on any atom is 0.318 e. The number of benzene rings is 2. The Morgan fingerprint density at radius 2 is 1.79 bits per heavy atom. The predicted molar refractivity (Wildman–Crippen MR) is 106 cm³/mol. The largest absolute Gasteiger partial charge is 0.486 e. The maximum atomic E-state index is 12.9. The number of amides is 2. The summed E-state index contributed by atoms with van der Waals surface area (Å²) in [6.07, 6.45) is 1.70. The van der Waals surface area contributed by atoms with Crippen molar-refractivity contribution < 1.29 is 23.7 Å². The highest BCUT2D eigenvalue weighted by molar-refractivity contribution is 5.75. The number of likely N-dealkylation sites (tertiary alicyclic amines) is 1. The number of fused-ring (bicyclic) bond motifs is 2. The average molecular weight is 396 g/mol. The molecule has 0 radical (unpaired) electrons. The smallest absolute Gasteiger partial charge is 0.318 e. The Bertz CT molecular complexity index is 903. The third kappa shape index (κ3) is 3.64. The van der Waals surface area contributed by atoms with E-state index < -0.39 is 0 Å². The number of urea groups is 1. The first-order valence-electron chi connectivity index (χ1n) is 10.1. The van der Waals surface area contributed by atoms with Gasteiger partial charge < -0.3 is 29.2 Å². The third-order valence-corrected chi connectivity index (χ3v) is 5.51. The van der Waals surface area contributed by atoms with E-state index in [0.29, 0.717) is 32.1 Å². The molecule has 1 saturated heterocycles. The normalized spacial score (nSPS) is 22.3. The minimum atomic E-state index is -0.204. The first-order valence-corrected chi connectivity index (χ1v) is 10.1. The SMILES string of the molecule is O=C(NCC1COc2ccccc2O1)N1CCCC1c1ccc2c(c1)OCCO2. The van der Waals surface area contributed by atoms with Gasteiger partial charge in [-0.05, 0) is 42.7 Å². The van der Waals surface area contributed by atoms with Crippen LogP contribution in [0.15, 0.2) is 42.5 Å². The number of para-hydroxylation sites is 2. The number of hydrogen-bond acceptors (Lipinski definition) is 5. The zero-order valence-electron chi connectivity index (χ0n) is 16.1. The highest BCUT2D eigenvalue weighted by Crippen LogP contribution is 2.38. The molecule has 2 amide bonds. The van der Waals surface area contributed by atoms with E-state index in [0.717, 1.165) is 42.2 Å². The molecule has 2 unspecified atom stereocenters. The Hall–Kier alpha value is -3.09. The minimum absolute atomic E-state index is 0.0371.